The summed E-state index contributed by atoms with van der Waals surface area (Å²) in [7, 11) is 0. The Morgan fingerprint density at radius 2 is 1.89 bits per heavy atom. The Bertz CT molecular complexity index is 1270. The summed E-state index contributed by atoms with van der Waals surface area (Å²) in [5.41, 5.74) is 4.88. The Morgan fingerprint density at radius 3 is 2.53 bits per heavy atom. The van der Waals surface area contributed by atoms with Gasteiger partial charge in [0.2, 0.25) is 5.91 Å². The molecule has 192 valence electrons. The first-order valence-corrected chi connectivity index (χ1v) is 12.9. The van der Waals surface area contributed by atoms with Crippen molar-refractivity contribution < 1.29 is 19.5 Å². The lowest BCUT2D eigenvalue weighted by molar-refractivity contribution is -0.136. The third kappa shape index (κ3) is 5.16. The number of piperazine rings is 1. The maximum Gasteiger partial charge on any atom is 0.254 e. The first kappa shape index (κ1) is 26.2. The van der Waals surface area contributed by atoms with Crippen LogP contribution in [0.15, 0.2) is 39.4 Å². The molecule has 2 aliphatic rings. The van der Waals surface area contributed by atoms with Crippen LogP contribution in [0.25, 0.3) is 5.52 Å². The van der Waals surface area contributed by atoms with E-state index in [0.29, 0.717) is 37.5 Å². The molecule has 0 saturated carbocycles. The average Bonchev–Trinajstić information content (AvgIpc) is 3.21. The van der Waals surface area contributed by atoms with Crippen LogP contribution < -0.4 is 5.32 Å². The van der Waals surface area contributed by atoms with Gasteiger partial charge in [0, 0.05) is 71.9 Å². The minimum absolute atomic E-state index is 0.0201. The fraction of sp³-hybridized carbons (Fsp3) is 0.462. The normalized spacial score (nSPS) is 19.8. The second kappa shape index (κ2) is 10.7. The number of nitrogens with zero attached hydrogens (tertiary/aromatic N) is 4. The number of fused-ring (bicyclic) bond motifs is 1. The van der Waals surface area contributed by atoms with E-state index in [0.717, 1.165) is 26.8 Å². The zero-order valence-corrected chi connectivity index (χ0v) is 22.6. The number of pyridine rings is 1. The number of allylic oxidation sites excluding steroid dienone is 1. The predicted molar refractivity (Wildman–Crippen MR) is 141 cm³/mol. The number of aliphatic imine (C=N–C) groups is 1. The van der Waals surface area contributed by atoms with Gasteiger partial charge in [-0.1, -0.05) is 5.57 Å². The zero-order chi connectivity index (χ0) is 26.1. The molecule has 2 N–H and O–H groups in total. The van der Waals surface area contributed by atoms with Crippen LogP contribution in [0.3, 0.4) is 0 Å². The SMILES string of the molecule is CC1=CC(C)=NC(=O)C1CNC(=O)c1cc2cc(Br)cn2c(C(C)N2CCN(C(=O)CO)CC2)c1C. The van der Waals surface area contributed by atoms with E-state index in [4.69, 9.17) is 5.11 Å². The van der Waals surface area contributed by atoms with Crippen molar-refractivity contribution in [2.45, 2.75) is 33.7 Å². The maximum atomic E-state index is 13.4. The van der Waals surface area contributed by atoms with Crippen molar-refractivity contribution in [2.24, 2.45) is 10.9 Å². The van der Waals surface area contributed by atoms with Crippen LogP contribution in [0, 0.1) is 12.8 Å². The predicted octanol–water partition coefficient (Wildman–Crippen LogP) is 2.50. The summed E-state index contributed by atoms with van der Waals surface area (Å²) in [6, 6.07) is 3.82. The second-order valence-electron chi connectivity index (χ2n) is 9.51. The summed E-state index contributed by atoms with van der Waals surface area (Å²) >= 11 is 3.56. The lowest BCUT2D eigenvalue weighted by Gasteiger charge is -2.38. The van der Waals surface area contributed by atoms with E-state index in [1.165, 1.54) is 0 Å². The molecule has 0 aromatic carbocycles. The van der Waals surface area contributed by atoms with Crippen LogP contribution in [0.1, 0.15) is 48.4 Å². The minimum Gasteiger partial charge on any atom is -0.387 e. The van der Waals surface area contributed by atoms with Gasteiger partial charge in [0.05, 0.1) is 5.92 Å². The van der Waals surface area contributed by atoms with E-state index in [9.17, 15) is 14.4 Å². The largest absolute Gasteiger partial charge is 0.387 e. The number of aliphatic hydroxyl groups excluding tert-OH is 1. The number of aromatic nitrogens is 1. The Hall–Kier alpha value is -2.82. The molecule has 1 saturated heterocycles. The van der Waals surface area contributed by atoms with Gasteiger partial charge in [0.1, 0.15) is 6.61 Å². The van der Waals surface area contributed by atoms with Crippen molar-refractivity contribution in [3.63, 3.8) is 0 Å². The highest BCUT2D eigenvalue weighted by Crippen LogP contribution is 2.31. The van der Waals surface area contributed by atoms with Crippen molar-refractivity contribution in [2.75, 3.05) is 39.3 Å². The number of dihydropyridines is 1. The summed E-state index contributed by atoms with van der Waals surface area (Å²) < 4.78 is 3.01. The zero-order valence-electron chi connectivity index (χ0n) is 21.0. The van der Waals surface area contributed by atoms with E-state index < -0.39 is 12.5 Å². The molecule has 2 aliphatic heterocycles. The molecule has 4 heterocycles. The van der Waals surface area contributed by atoms with Gasteiger partial charge in [-0.15, -0.1) is 0 Å². The number of nitrogens with one attached hydrogen (secondary N) is 1. The van der Waals surface area contributed by atoms with E-state index in [-0.39, 0.29) is 30.3 Å². The summed E-state index contributed by atoms with van der Waals surface area (Å²) in [6.45, 7) is 9.88. The van der Waals surface area contributed by atoms with E-state index >= 15 is 0 Å². The first-order valence-electron chi connectivity index (χ1n) is 12.1. The molecule has 0 spiro atoms. The number of carbonyl (C=O) groups is 3. The molecule has 2 unspecified atom stereocenters. The Balaban J connectivity index is 1.59. The van der Waals surface area contributed by atoms with E-state index in [1.54, 1.807) is 11.8 Å². The maximum absolute atomic E-state index is 13.4. The summed E-state index contributed by atoms with van der Waals surface area (Å²) in [5.74, 6) is -1.17. The van der Waals surface area contributed by atoms with Gasteiger partial charge in [0.15, 0.2) is 0 Å². The monoisotopic (exact) mass is 557 g/mol. The first-order chi connectivity index (χ1) is 17.1. The molecule has 0 radical (unpaired) electrons. The van der Waals surface area contributed by atoms with E-state index in [1.807, 2.05) is 38.3 Å². The Morgan fingerprint density at radius 1 is 1.19 bits per heavy atom. The smallest absolute Gasteiger partial charge is 0.254 e. The fourth-order valence-electron chi connectivity index (χ4n) is 5.17. The van der Waals surface area contributed by atoms with Crippen molar-refractivity contribution in [3.8, 4) is 0 Å². The number of amides is 3. The van der Waals surface area contributed by atoms with E-state index in [2.05, 4.69) is 42.5 Å². The van der Waals surface area contributed by atoms with Crippen molar-refractivity contribution in [1.82, 2.24) is 19.5 Å². The van der Waals surface area contributed by atoms with Crippen LogP contribution in [-0.2, 0) is 9.59 Å². The van der Waals surface area contributed by atoms with Gasteiger partial charge < -0.3 is 19.7 Å². The molecule has 2 aromatic heterocycles. The molecule has 0 aliphatic carbocycles. The topological polar surface area (TPSA) is 107 Å². The lowest BCUT2D eigenvalue weighted by atomic mass is 9.95. The van der Waals surface area contributed by atoms with Crippen LogP contribution in [0.5, 0.6) is 0 Å². The van der Waals surface area contributed by atoms with Gasteiger partial charge in [-0.25, -0.2) is 4.99 Å². The molecule has 36 heavy (non-hydrogen) atoms. The molecule has 1 fully saturated rings. The van der Waals surface area contributed by atoms with Crippen LogP contribution in [-0.4, -0.2) is 82.1 Å². The number of carbonyl (C=O) groups excluding carboxylic acids is 3. The van der Waals surface area contributed by atoms with Crippen molar-refractivity contribution in [1.29, 1.82) is 0 Å². The molecule has 4 rings (SSSR count). The lowest BCUT2D eigenvalue weighted by Crippen LogP contribution is -2.50. The molecule has 10 heteroatoms. The number of hydrogen-bond acceptors (Lipinski definition) is 5. The highest BCUT2D eigenvalue weighted by atomic mass is 79.9. The standard InChI is InChI=1S/C26H32BrN5O4/c1-15-9-16(2)29-26(36)22(15)12-28-25(35)21-11-20-10-19(27)13-32(20)24(17(21)3)18(4)30-5-7-31(8-6-30)23(34)14-33/h9-11,13,18,22,33H,5-8,12,14H2,1-4H3,(H,28,35). The number of rotatable bonds is 6. The van der Waals surface area contributed by atoms with Gasteiger partial charge >= 0.3 is 0 Å². The third-order valence-corrected chi connectivity index (χ3v) is 7.62. The quantitative estimate of drug-likeness (QED) is 0.567. The number of aliphatic hydroxyl groups is 1. The molecule has 3 amide bonds. The van der Waals surface area contributed by atoms with Gasteiger partial charge in [0.25, 0.3) is 11.8 Å². The Kier molecular flexibility index (Phi) is 7.77. The van der Waals surface area contributed by atoms with Crippen LogP contribution >= 0.6 is 15.9 Å². The number of halogens is 1. The summed E-state index contributed by atoms with van der Waals surface area (Å²) in [5, 5.41) is 12.1. The van der Waals surface area contributed by atoms with Crippen LogP contribution in [0.4, 0.5) is 0 Å². The van der Waals surface area contributed by atoms with Crippen LogP contribution in [0.2, 0.25) is 0 Å². The molecular formula is C26H32BrN5O4. The highest BCUT2D eigenvalue weighted by molar-refractivity contribution is 9.10. The number of hydrogen-bond donors (Lipinski definition) is 2. The van der Waals surface area contributed by atoms with Gasteiger partial charge in [-0.3, -0.25) is 19.3 Å². The second-order valence-corrected chi connectivity index (χ2v) is 10.4. The Labute approximate surface area is 219 Å². The molecule has 0 bridgehead atoms. The highest BCUT2D eigenvalue weighted by Gasteiger charge is 2.29. The molecule has 2 atom stereocenters. The minimum atomic E-state index is -0.475. The van der Waals surface area contributed by atoms with Crippen molar-refractivity contribution in [3.05, 3.63) is 51.3 Å². The summed E-state index contributed by atoms with van der Waals surface area (Å²) in [6.07, 6.45) is 3.87. The average molecular weight is 558 g/mol. The molecule has 9 nitrogen and oxygen atoms in total. The molecular weight excluding hydrogens is 526 g/mol. The van der Waals surface area contributed by atoms with Gasteiger partial charge in [-0.2, -0.15) is 0 Å². The molecule has 2 aromatic rings. The third-order valence-electron chi connectivity index (χ3n) is 7.18. The van der Waals surface area contributed by atoms with Crippen molar-refractivity contribution >= 4 is 44.9 Å². The van der Waals surface area contributed by atoms with Gasteiger partial charge in [-0.05, 0) is 67.4 Å². The summed E-state index contributed by atoms with van der Waals surface area (Å²) in [4.78, 5) is 45.6. The fourth-order valence-corrected chi connectivity index (χ4v) is 5.61.